The summed E-state index contributed by atoms with van der Waals surface area (Å²) >= 11 is 0. The third-order valence-electron chi connectivity index (χ3n) is 7.26. The van der Waals surface area contributed by atoms with E-state index in [1.807, 2.05) is 0 Å². The van der Waals surface area contributed by atoms with Crippen LogP contribution in [0, 0.1) is 0 Å². The fourth-order valence-corrected chi connectivity index (χ4v) is 4.87. The topological polar surface area (TPSA) is 269 Å². The highest BCUT2D eigenvalue weighted by Crippen LogP contribution is 2.39. The van der Waals surface area contributed by atoms with Gasteiger partial charge in [0.1, 0.15) is 65.2 Å². The van der Waals surface area contributed by atoms with E-state index in [0.717, 1.165) is 24.3 Å². The van der Waals surface area contributed by atoms with Gasteiger partial charge in [-0.3, -0.25) is 4.79 Å². The normalized spacial score (nSPS) is 31.7. The molecular formula is C27H30O16. The van der Waals surface area contributed by atoms with Crippen LogP contribution in [0.5, 0.6) is 28.7 Å². The molecular weight excluding hydrogens is 580 g/mol. The minimum absolute atomic E-state index is 0.0160. The second-order valence-corrected chi connectivity index (χ2v) is 10.3. The van der Waals surface area contributed by atoms with Crippen molar-refractivity contribution in [3.8, 4) is 40.1 Å². The molecule has 0 aliphatic carbocycles. The molecule has 0 radical (unpaired) electrons. The van der Waals surface area contributed by atoms with Crippen molar-refractivity contribution in [3.63, 3.8) is 0 Å². The molecule has 0 saturated carbocycles. The summed E-state index contributed by atoms with van der Waals surface area (Å²) in [6, 6.07) is 5.27. The van der Waals surface area contributed by atoms with Crippen LogP contribution in [0.3, 0.4) is 0 Å². The van der Waals surface area contributed by atoms with Crippen molar-refractivity contribution in [2.45, 2.75) is 68.3 Å². The van der Waals surface area contributed by atoms with E-state index in [2.05, 4.69) is 0 Å². The Morgan fingerprint density at radius 2 is 1.51 bits per heavy atom. The van der Waals surface area contributed by atoms with Gasteiger partial charge in [-0.05, 0) is 25.1 Å². The van der Waals surface area contributed by atoms with E-state index < -0.39 is 108 Å². The van der Waals surface area contributed by atoms with Gasteiger partial charge in [0.15, 0.2) is 23.5 Å². The second-order valence-electron chi connectivity index (χ2n) is 10.3. The lowest BCUT2D eigenvalue weighted by atomic mass is 10.00. The van der Waals surface area contributed by atoms with Gasteiger partial charge >= 0.3 is 0 Å². The summed E-state index contributed by atoms with van der Waals surface area (Å²) in [6.07, 6.45) is -15.8. The van der Waals surface area contributed by atoms with Crippen molar-refractivity contribution in [1.29, 1.82) is 0 Å². The maximum Gasteiger partial charge on any atom is 0.239 e. The van der Waals surface area contributed by atoms with Crippen molar-refractivity contribution < 1.29 is 74.4 Å². The number of aromatic hydroxyl groups is 4. The Kier molecular flexibility index (Phi) is 8.41. The van der Waals surface area contributed by atoms with Crippen LogP contribution in [-0.4, -0.2) is 119 Å². The van der Waals surface area contributed by atoms with Crippen LogP contribution in [0.25, 0.3) is 22.3 Å². The number of aliphatic hydroxyl groups excluding tert-OH is 6. The maximum absolute atomic E-state index is 13.5. The van der Waals surface area contributed by atoms with E-state index in [1.165, 1.54) is 13.0 Å². The molecule has 2 saturated heterocycles. The molecule has 0 spiro atoms. The summed E-state index contributed by atoms with van der Waals surface area (Å²) < 4.78 is 27.5. The molecule has 2 aromatic carbocycles. The average molecular weight is 611 g/mol. The lowest BCUT2D eigenvalue weighted by Gasteiger charge is -2.39. The minimum Gasteiger partial charge on any atom is -0.508 e. The van der Waals surface area contributed by atoms with Crippen LogP contribution >= 0.6 is 0 Å². The quantitative estimate of drug-likeness (QED) is 0.134. The van der Waals surface area contributed by atoms with Crippen molar-refractivity contribution in [3.05, 3.63) is 40.6 Å². The van der Waals surface area contributed by atoms with Gasteiger partial charge in [0, 0.05) is 17.7 Å². The summed E-state index contributed by atoms with van der Waals surface area (Å²) in [4.78, 5) is 13.5. The molecule has 2 fully saturated rings. The first-order valence-electron chi connectivity index (χ1n) is 13.0. The molecule has 234 valence electrons. The molecule has 1 aromatic heterocycles. The second kappa shape index (κ2) is 11.8. The summed E-state index contributed by atoms with van der Waals surface area (Å²) in [6.45, 7) is 0.778. The third kappa shape index (κ3) is 5.67. The standard InChI is InChI=1S/C27H30O16/c1-8-17(33)19(35)21(37)26(40-8)39-7-14(32)24-20(36)22(38)27(42-24)43-25-18(34)16-13(31)5-10(28)6-15(16)41-23(25)9-2-3-11(29)12(30)4-9/h2-6,8,14,17,19-22,24,26-33,35-38H,7H2,1H3/t8-,14+,17-,19-,20-,21-,22+,24-,26-,27-/m0/s1. The Morgan fingerprint density at radius 1 is 0.814 bits per heavy atom. The fourth-order valence-electron chi connectivity index (χ4n) is 4.87. The van der Waals surface area contributed by atoms with E-state index in [-0.39, 0.29) is 16.9 Å². The molecule has 10 atom stereocenters. The number of fused-ring (bicyclic) bond motifs is 1. The van der Waals surface area contributed by atoms with Gasteiger partial charge in [0.05, 0.1) is 12.7 Å². The smallest absolute Gasteiger partial charge is 0.239 e. The van der Waals surface area contributed by atoms with Crippen molar-refractivity contribution >= 4 is 11.0 Å². The van der Waals surface area contributed by atoms with E-state index in [9.17, 15) is 55.9 Å². The number of phenols is 4. The van der Waals surface area contributed by atoms with Crippen molar-refractivity contribution in [2.75, 3.05) is 6.61 Å². The van der Waals surface area contributed by atoms with Gasteiger partial charge in [0.2, 0.25) is 17.5 Å². The Hall–Kier alpha value is -3.71. The van der Waals surface area contributed by atoms with Crippen LogP contribution < -0.4 is 10.2 Å². The molecule has 0 bridgehead atoms. The predicted octanol–water partition coefficient (Wildman–Crippen LogP) is -1.69. The largest absolute Gasteiger partial charge is 0.508 e. The monoisotopic (exact) mass is 610 g/mol. The Morgan fingerprint density at radius 3 is 2.21 bits per heavy atom. The molecule has 43 heavy (non-hydrogen) atoms. The lowest BCUT2D eigenvalue weighted by Crippen LogP contribution is -2.57. The number of ether oxygens (including phenoxy) is 4. The van der Waals surface area contributed by atoms with Crippen LogP contribution in [0.4, 0.5) is 0 Å². The van der Waals surface area contributed by atoms with Gasteiger partial charge in [-0.2, -0.15) is 0 Å². The number of aliphatic hydroxyl groups is 6. The van der Waals surface area contributed by atoms with Crippen LogP contribution in [0.1, 0.15) is 6.92 Å². The summed E-state index contributed by atoms with van der Waals surface area (Å²) in [5.41, 5.74) is -1.30. The highest BCUT2D eigenvalue weighted by atomic mass is 16.7. The van der Waals surface area contributed by atoms with Gasteiger partial charge in [-0.1, -0.05) is 0 Å². The van der Waals surface area contributed by atoms with Crippen LogP contribution in [0.15, 0.2) is 39.5 Å². The highest BCUT2D eigenvalue weighted by Gasteiger charge is 2.49. The first-order chi connectivity index (χ1) is 20.3. The molecule has 5 rings (SSSR count). The van der Waals surface area contributed by atoms with E-state index in [4.69, 9.17) is 23.4 Å². The highest BCUT2D eigenvalue weighted by molar-refractivity contribution is 5.88. The lowest BCUT2D eigenvalue weighted by molar-refractivity contribution is -0.299. The predicted molar refractivity (Wildman–Crippen MR) is 140 cm³/mol. The summed E-state index contributed by atoms with van der Waals surface area (Å²) in [5.74, 6) is -3.25. The Balaban J connectivity index is 1.41. The van der Waals surface area contributed by atoms with Gasteiger partial charge in [-0.25, -0.2) is 0 Å². The van der Waals surface area contributed by atoms with E-state index in [0.29, 0.717) is 0 Å². The van der Waals surface area contributed by atoms with Crippen LogP contribution in [0.2, 0.25) is 0 Å². The van der Waals surface area contributed by atoms with Crippen LogP contribution in [-0.2, 0) is 14.2 Å². The average Bonchev–Trinajstić information content (AvgIpc) is 3.24. The first-order valence-corrected chi connectivity index (χ1v) is 13.0. The molecule has 2 aliphatic heterocycles. The number of rotatable bonds is 7. The molecule has 16 nitrogen and oxygen atoms in total. The molecule has 2 aliphatic rings. The molecule has 0 amide bonds. The SMILES string of the molecule is C[C@@H]1O[C@H](OC[C@@H](O)[C@@H]2O[C@@H](Oc3c(-c4ccc(O)c(O)c4)oc4cc(O)cc(O)c4c3=O)[C@H](O)[C@@H]2O)[C@@H](O)[C@@H](O)[C@H]1O. The van der Waals surface area contributed by atoms with E-state index in [1.54, 1.807) is 0 Å². The molecule has 0 unspecified atom stereocenters. The number of benzene rings is 2. The van der Waals surface area contributed by atoms with Gasteiger partial charge in [0.25, 0.3) is 0 Å². The summed E-state index contributed by atoms with van der Waals surface area (Å²) in [7, 11) is 0. The molecule has 10 N–H and O–H groups in total. The zero-order valence-electron chi connectivity index (χ0n) is 22.3. The zero-order chi connectivity index (χ0) is 31.3. The molecule has 16 heteroatoms. The number of hydrogen-bond donors (Lipinski definition) is 10. The Bertz CT molecular complexity index is 1540. The third-order valence-corrected chi connectivity index (χ3v) is 7.26. The van der Waals surface area contributed by atoms with Gasteiger partial charge < -0.3 is 74.4 Å². The van der Waals surface area contributed by atoms with E-state index >= 15 is 0 Å². The fraction of sp³-hybridized carbons (Fsp3) is 0.444. The van der Waals surface area contributed by atoms with Crippen molar-refractivity contribution in [2.24, 2.45) is 0 Å². The molecule has 3 aromatic rings. The zero-order valence-corrected chi connectivity index (χ0v) is 22.3. The first kappa shape index (κ1) is 30.7. The number of hydrogen-bond acceptors (Lipinski definition) is 16. The number of phenolic OH excluding ortho intramolecular Hbond substituents is 4. The van der Waals surface area contributed by atoms with Crippen molar-refractivity contribution in [1.82, 2.24) is 0 Å². The molecule has 3 heterocycles. The minimum atomic E-state index is -1.86. The Labute approximate surface area is 241 Å². The maximum atomic E-state index is 13.5. The summed E-state index contributed by atoms with van der Waals surface area (Å²) in [5, 5.41) is 101. The van der Waals surface area contributed by atoms with Gasteiger partial charge in [-0.15, -0.1) is 0 Å².